The molecule has 0 aliphatic carbocycles. The number of likely N-dealkylation sites (N-methyl/N-ethyl adjacent to an activating group) is 1. The number of allylic oxidation sites excluding steroid dienone is 1. The summed E-state index contributed by atoms with van der Waals surface area (Å²) in [6.45, 7) is 11.0. The van der Waals surface area contributed by atoms with Gasteiger partial charge in [-0.05, 0) is 84.4 Å². The van der Waals surface area contributed by atoms with Crippen molar-refractivity contribution in [1.82, 2.24) is 9.80 Å². The molecule has 1 aliphatic rings. The van der Waals surface area contributed by atoms with E-state index in [1.54, 1.807) is 18.2 Å². The fourth-order valence-electron chi connectivity index (χ4n) is 4.09. The molecular weight excluding hydrogens is 356 g/mol. The molecule has 2 rings (SSSR count). The average molecular weight is 389 g/mol. The molecule has 4 nitrogen and oxygen atoms in total. The first-order chi connectivity index (χ1) is 12.3. The Hall–Kier alpha value is -1.65. The predicted molar refractivity (Wildman–Crippen MR) is 117 cm³/mol. The van der Waals surface area contributed by atoms with E-state index in [2.05, 4.69) is 44.5 Å². The van der Waals surface area contributed by atoms with E-state index in [1.165, 1.54) is 0 Å². The van der Waals surface area contributed by atoms with Crippen molar-refractivity contribution in [3.8, 4) is 0 Å². The van der Waals surface area contributed by atoms with Crippen molar-refractivity contribution in [1.29, 1.82) is 10.8 Å². The van der Waals surface area contributed by atoms with Crippen LogP contribution < -0.4 is 0 Å². The number of hydrogen-bond acceptors (Lipinski definition) is 3. The molecule has 1 saturated heterocycles. The molecule has 0 aromatic heterocycles. The second kappa shape index (κ2) is 7.76. The van der Waals surface area contributed by atoms with Crippen molar-refractivity contribution in [2.45, 2.75) is 64.6 Å². The Morgan fingerprint density at radius 2 is 1.70 bits per heavy atom. The lowest BCUT2D eigenvalue weighted by molar-refractivity contribution is -0.0313. The first kappa shape index (κ1) is 21.6. The van der Waals surface area contributed by atoms with Gasteiger partial charge >= 0.3 is 0 Å². The van der Waals surface area contributed by atoms with Gasteiger partial charge in [-0.15, -0.1) is 0 Å². The Morgan fingerprint density at radius 3 is 2.22 bits per heavy atom. The molecule has 27 heavy (non-hydrogen) atoms. The molecule has 1 fully saturated rings. The number of hydrogen-bond donors (Lipinski definition) is 2. The van der Waals surface area contributed by atoms with Gasteiger partial charge < -0.3 is 10.3 Å². The summed E-state index contributed by atoms with van der Waals surface area (Å²) in [6.07, 6.45) is 5.45. The van der Waals surface area contributed by atoms with Crippen LogP contribution >= 0.6 is 11.6 Å². The van der Waals surface area contributed by atoms with Crippen LogP contribution in [0, 0.1) is 17.7 Å². The number of likely N-dealkylation sites (tertiary alicyclic amines) is 1. The molecule has 1 aromatic rings. The van der Waals surface area contributed by atoms with E-state index < -0.39 is 0 Å². The first-order valence-corrected chi connectivity index (χ1v) is 9.81. The van der Waals surface area contributed by atoms with Crippen LogP contribution in [-0.4, -0.2) is 52.6 Å². The van der Waals surface area contributed by atoms with Gasteiger partial charge in [-0.2, -0.15) is 0 Å². The second-order valence-corrected chi connectivity index (χ2v) is 9.38. The van der Waals surface area contributed by atoms with Gasteiger partial charge in [-0.3, -0.25) is 10.3 Å². The van der Waals surface area contributed by atoms with E-state index in [0.29, 0.717) is 22.6 Å². The van der Waals surface area contributed by atoms with Crippen molar-refractivity contribution in [2.24, 2.45) is 0 Å². The highest BCUT2D eigenvalue weighted by Crippen LogP contribution is 2.38. The molecule has 0 spiro atoms. The lowest BCUT2D eigenvalue weighted by Gasteiger charge is -2.55. The van der Waals surface area contributed by atoms with E-state index in [4.69, 9.17) is 22.4 Å². The van der Waals surface area contributed by atoms with Gasteiger partial charge in [0.1, 0.15) is 5.84 Å². The Morgan fingerprint density at radius 1 is 1.15 bits per heavy atom. The van der Waals surface area contributed by atoms with Crippen molar-refractivity contribution >= 4 is 23.1 Å². The van der Waals surface area contributed by atoms with Crippen LogP contribution in [0.2, 0.25) is 5.02 Å². The third-order valence-corrected chi connectivity index (χ3v) is 6.34. The van der Waals surface area contributed by atoms with Gasteiger partial charge in [0.25, 0.3) is 0 Å². The molecule has 5 heteroatoms. The van der Waals surface area contributed by atoms with Crippen molar-refractivity contribution < 1.29 is 0 Å². The van der Waals surface area contributed by atoms with E-state index in [1.807, 2.05) is 26.1 Å². The van der Waals surface area contributed by atoms with Gasteiger partial charge in [0.15, 0.2) is 0 Å². The minimum atomic E-state index is 0.0811. The quantitative estimate of drug-likeness (QED) is 0.554. The van der Waals surface area contributed by atoms with Gasteiger partial charge in [-0.25, -0.2) is 0 Å². The van der Waals surface area contributed by atoms with E-state index in [9.17, 15) is 0 Å². The maximum atomic E-state index is 8.49. The molecule has 2 N–H and O–H groups in total. The van der Waals surface area contributed by atoms with E-state index >= 15 is 0 Å². The fourth-order valence-corrected chi connectivity index (χ4v) is 4.31. The second-order valence-electron chi connectivity index (χ2n) is 8.95. The third kappa shape index (κ3) is 4.80. The molecule has 1 heterocycles. The first-order valence-electron chi connectivity index (χ1n) is 9.43. The Labute approximate surface area is 169 Å². The molecule has 0 atom stereocenters. The van der Waals surface area contributed by atoms with E-state index in [-0.39, 0.29) is 11.1 Å². The largest absolute Gasteiger partial charge is 0.357 e. The third-order valence-electron chi connectivity index (χ3n) is 6.10. The summed E-state index contributed by atoms with van der Waals surface area (Å²) in [5.74, 6) is 0.438. The SMILES string of the molecule is Cc1cc(Cl)ccc1C(=N)/C=C\C(=N)N(C)C1CC(C)(C)N(C)C(C)(C)C1. The number of amidine groups is 1. The molecule has 148 valence electrons. The van der Waals surface area contributed by atoms with Gasteiger partial charge in [0.2, 0.25) is 0 Å². The van der Waals surface area contributed by atoms with Crippen LogP contribution in [0.5, 0.6) is 0 Å². The van der Waals surface area contributed by atoms with Crippen LogP contribution in [0.3, 0.4) is 0 Å². The summed E-state index contributed by atoms with van der Waals surface area (Å²) in [4.78, 5) is 4.50. The number of halogens is 1. The van der Waals surface area contributed by atoms with Gasteiger partial charge in [-0.1, -0.05) is 17.7 Å². The Balaban J connectivity index is 2.11. The van der Waals surface area contributed by atoms with E-state index in [0.717, 1.165) is 24.0 Å². The summed E-state index contributed by atoms with van der Waals surface area (Å²) in [5.41, 5.74) is 2.37. The number of rotatable bonds is 4. The van der Waals surface area contributed by atoms with Crippen molar-refractivity contribution in [2.75, 3.05) is 14.1 Å². The number of aryl methyl sites for hydroxylation is 1. The lowest BCUT2D eigenvalue weighted by atomic mass is 9.77. The Bertz CT molecular complexity index is 746. The number of benzene rings is 1. The minimum Gasteiger partial charge on any atom is -0.357 e. The highest BCUT2D eigenvalue weighted by atomic mass is 35.5. The van der Waals surface area contributed by atoms with Crippen molar-refractivity contribution in [3.05, 3.63) is 46.5 Å². The monoisotopic (exact) mass is 388 g/mol. The zero-order valence-corrected chi connectivity index (χ0v) is 18.4. The zero-order valence-electron chi connectivity index (χ0n) is 17.7. The highest BCUT2D eigenvalue weighted by Gasteiger charge is 2.44. The topological polar surface area (TPSA) is 54.2 Å². The number of piperidine rings is 1. The molecule has 0 saturated carbocycles. The lowest BCUT2D eigenvalue weighted by Crippen LogP contribution is -2.62. The maximum Gasteiger partial charge on any atom is 0.120 e. The van der Waals surface area contributed by atoms with Crippen LogP contribution in [-0.2, 0) is 0 Å². The highest BCUT2D eigenvalue weighted by molar-refractivity contribution is 6.30. The minimum absolute atomic E-state index is 0.0811. The molecule has 0 bridgehead atoms. The fraction of sp³-hybridized carbons (Fsp3) is 0.545. The number of nitrogens with zero attached hydrogens (tertiary/aromatic N) is 2. The zero-order chi connectivity index (χ0) is 20.6. The van der Waals surface area contributed by atoms with Crippen LogP contribution in [0.4, 0.5) is 0 Å². The molecular formula is C22H33ClN4. The number of nitrogens with one attached hydrogen (secondary N) is 2. The summed E-state index contributed by atoms with van der Waals surface area (Å²) in [6, 6.07) is 5.82. The van der Waals surface area contributed by atoms with Gasteiger partial charge in [0.05, 0.1) is 5.71 Å². The smallest absolute Gasteiger partial charge is 0.120 e. The predicted octanol–water partition coefficient (Wildman–Crippen LogP) is 5.13. The maximum absolute atomic E-state index is 8.49. The molecule has 1 aromatic carbocycles. The van der Waals surface area contributed by atoms with Crippen molar-refractivity contribution in [3.63, 3.8) is 0 Å². The molecule has 1 aliphatic heterocycles. The summed E-state index contributed by atoms with van der Waals surface area (Å²) in [7, 11) is 4.18. The molecule has 0 unspecified atom stereocenters. The average Bonchev–Trinajstić information content (AvgIpc) is 2.55. The normalized spacial score (nSPS) is 20.0. The summed E-state index contributed by atoms with van der Waals surface area (Å²) >= 11 is 6.00. The Kier molecular flexibility index (Phi) is 6.23. The van der Waals surface area contributed by atoms with Crippen LogP contribution in [0.25, 0.3) is 0 Å². The van der Waals surface area contributed by atoms with Crippen LogP contribution in [0.1, 0.15) is 51.7 Å². The summed E-state index contributed by atoms with van der Waals surface area (Å²) in [5, 5.41) is 17.5. The standard InChI is InChI=1S/C22H33ClN4/c1-15-12-16(23)8-9-18(15)19(24)10-11-20(25)26(6)17-13-21(2,3)27(7)22(4,5)14-17/h8-12,17,24-25H,13-14H2,1-7H3/b11-10-,24-19?,25-20?. The van der Waals surface area contributed by atoms with Crippen LogP contribution in [0.15, 0.2) is 30.4 Å². The molecule has 0 amide bonds. The molecule has 0 radical (unpaired) electrons. The summed E-state index contributed by atoms with van der Waals surface area (Å²) < 4.78 is 0. The van der Waals surface area contributed by atoms with Gasteiger partial charge in [0, 0.05) is 34.8 Å².